The second-order valence-electron chi connectivity index (χ2n) is 6.57. The van der Waals surface area contributed by atoms with Crippen molar-refractivity contribution >= 4 is 34.1 Å². The number of amides is 1. The molecule has 1 aliphatic rings. The zero-order chi connectivity index (χ0) is 19.5. The molecule has 10 heteroatoms. The van der Waals surface area contributed by atoms with Gasteiger partial charge >= 0.3 is 0 Å². The summed E-state index contributed by atoms with van der Waals surface area (Å²) in [7, 11) is 0. The number of hydrogen-bond donors (Lipinski definition) is 1. The summed E-state index contributed by atoms with van der Waals surface area (Å²) in [5.74, 6) is 1.60. The molecule has 1 aliphatic heterocycles. The molecule has 0 bridgehead atoms. The molecule has 3 heterocycles. The lowest BCUT2D eigenvalue weighted by atomic mass is 10.1. The number of rotatable bonds is 7. The second kappa shape index (κ2) is 8.27. The number of hydrogen-bond acceptors (Lipinski definition) is 8. The SMILES string of the molecule is CSCC[C@@H](C(=O)Nc1nc(-c2ccc3c(c2)C[C@@H](C)O3)cs1)n1cnnn1. The van der Waals surface area contributed by atoms with E-state index in [4.69, 9.17) is 4.74 Å². The van der Waals surface area contributed by atoms with E-state index >= 15 is 0 Å². The normalized spacial score (nSPS) is 16.4. The molecule has 0 spiro atoms. The van der Waals surface area contributed by atoms with Crippen molar-refractivity contribution in [3.8, 4) is 17.0 Å². The van der Waals surface area contributed by atoms with Gasteiger partial charge in [0.1, 0.15) is 24.2 Å². The molecule has 3 aromatic rings. The van der Waals surface area contributed by atoms with Gasteiger partial charge in [-0.2, -0.15) is 11.8 Å². The van der Waals surface area contributed by atoms with Gasteiger partial charge in [0.2, 0.25) is 0 Å². The average Bonchev–Trinajstić information content (AvgIpc) is 3.41. The number of nitrogens with one attached hydrogen (secondary N) is 1. The lowest BCUT2D eigenvalue weighted by Gasteiger charge is -2.14. The number of aromatic nitrogens is 5. The fourth-order valence-electron chi connectivity index (χ4n) is 3.16. The van der Waals surface area contributed by atoms with Gasteiger partial charge in [-0.15, -0.1) is 16.4 Å². The van der Waals surface area contributed by atoms with E-state index in [1.54, 1.807) is 11.8 Å². The predicted octanol–water partition coefficient (Wildman–Crippen LogP) is 3.05. The van der Waals surface area contributed by atoms with Gasteiger partial charge in [-0.1, -0.05) is 0 Å². The number of fused-ring (bicyclic) bond motifs is 1. The first-order valence-electron chi connectivity index (χ1n) is 8.92. The van der Waals surface area contributed by atoms with Gasteiger partial charge in [0.15, 0.2) is 5.13 Å². The maximum absolute atomic E-state index is 12.8. The number of thioether (sulfide) groups is 1. The molecule has 0 radical (unpaired) electrons. The van der Waals surface area contributed by atoms with Crippen LogP contribution in [0, 0.1) is 0 Å². The van der Waals surface area contributed by atoms with Gasteiger partial charge < -0.3 is 10.1 Å². The molecule has 8 nitrogen and oxygen atoms in total. The number of nitrogens with zero attached hydrogens (tertiary/aromatic N) is 5. The quantitative estimate of drug-likeness (QED) is 0.632. The zero-order valence-electron chi connectivity index (χ0n) is 15.5. The van der Waals surface area contributed by atoms with E-state index in [1.807, 2.05) is 23.8 Å². The molecule has 0 saturated carbocycles. The van der Waals surface area contributed by atoms with Gasteiger partial charge in [0.25, 0.3) is 5.91 Å². The molecule has 2 atom stereocenters. The highest BCUT2D eigenvalue weighted by Gasteiger charge is 2.23. The van der Waals surface area contributed by atoms with E-state index in [9.17, 15) is 4.79 Å². The smallest absolute Gasteiger partial charge is 0.251 e. The van der Waals surface area contributed by atoms with E-state index in [1.165, 1.54) is 27.9 Å². The van der Waals surface area contributed by atoms with Crippen molar-refractivity contribution < 1.29 is 9.53 Å². The van der Waals surface area contributed by atoms with Gasteiger partial charge in [0, 0.05) is 17.4 Å². The first-order chi connectivity index (χ1) is 13.6. The van der Waals surface area contributed by atoms with Gasteiger partial charge in [-0.05, 0) is 59.5 Å². The number of anilines is 1. The number of tetrazole rings is 1. The maximum atomic E-state index is 12.8. The third-order valence-electron chi connectivity index (χ3n) is 4.51. The molecule has 1 amide bonds. The predicted molar refractivity (Wildman–Crippen MR) is 110 cm³/mol. The minimum Gasteiger partial charge on any atom is -0.490 e. The molecular formula is C18H20N6O2S2. The topological polar surface area (TPSA) is 94.8 Å². The standard InChI is InChI=1S/C18H20N6O2S2/c1-11-7-13-8-12(3-4-16(13)26-11)14-9-28-18(20-14)21-17(25)15(5-6-27-2)24-10-19-22-23-24/h3-4,8-11,15H,5-7H2,1-2H3,(H,20,21,25)/t11-,15+/m1/s1. The minimum absolute atomic E-state index is 0.168. The fourth-order valence-corrected chi connectivity index (χ4v) is 4.34. The van der Waals surface area contributed by atoms with Crippen LogP contribution in [0.15, 0.2) is 29.9 Å². The van der Waals surface area contributed by atoms with Gasteiger partial charge in [-0.25, -0.2) is 9.67 Å². The molecule has 0 unspecified atom stereocenters. The van der Waals surface area contributed by atoms with E-state index in [0.717, 1.165) is 29.2 Å². The van der Waals surface area contributed by atoms with Crippen molar-refractivity contribution in [2.75, 3.05) is 17.3 Å². The Morgan fingerprint density at radius 1 is 1.50 bits per heavy atom. The Morgan fingerprint density at radius 3 is 3.18 bits per heavy atom. The lowest BCUT2D eigenvalue weighted by molar-refractivity contribution is -0.119. The summed E-state index contributed by atoms with van der Waals surface area (Å²) < 4.78 is 7.24. The monoisotopic (exact) mass is 416 g/mol. The molecule has 28 heavy (non-hydrogen) atoms. The molecule has 146 valence electrons. The van der Waals surface area contributed by atoms with Gasteiger partial charge in [0.05, 0.1) is 5.69 Å². The summed E-state index contributed by atoms with van der Waals surface area (Å²) in [6.07, 6.45) is 5.22. The van der Waals surface area contributed by atoms with Crippen LogP contribution in [0.1, 0.15) is 24.9 Å². The molecule has 0 aliphatic carbocycles. The molecule has 1 aromatic carbocycles. The van der Waals surface area contributed by atoms with Crippen LogP contribution in [0.5, 0.6) is 5.75 Å². The van der Waals surface area contributed by atoms with Crippen LogP contribution >= 0.6 is 23.1 Å². The van der Waals surface area contributed by atoms with Crippen molar-refractivity contribution in [3.05, 3.63) is 35.5 Å². The molecule has 0 saturated heterocycles. The molecule has 0 fully saturated rings. The zero-order valence-corrected chi connectivity index (χ0v) is 17.2. The van der Waals surface area contributed by atoms with Crippen molar-refractivity contribution in [2.24, 2.45) is 0 Å². The Balaban J connectivity index is 1.48. The van der Waals surface area contributed by atoms with Crippen LogP contribution in [0.25, 0.3) is 11.3 Å². The first kappa shape index (κ1) is 18.9. The average molecular weight is 417 g/mol. The molecule has 4 rings (SSSR count). The maximum Gasteiger partial charge on any atom is 0.251 e. The third-order valence-corrected chi connectivity index (χ3v) is 5.91. The van der Waals surface area contributed by atoms with Crippen LogP contribution in [-0.4, -0.2) is 49.2 Å². The Morgan fingerprint density at radius 2 is 2.39 bits per heavy atom. The number of carbonyl (C=O) groups is 1. The second-order valence-corrected chi connectivity index (χ2v) is 8.41. The number of thiazole rings is 1. The summed E-state index contributed by atoms with van der Waals surface area (Å²) in [4.78, 5) is 17.4. The summed E-state index contributed by atoms with van der Waals surface area (Å²) in [5.41, 5.74) is 3.05. The number of ether oxygens (including phenoxy) is 1. The Bertz CT molecular complexity index is 959. The van der Waals surface area contributed by atoms with Crippen molar-refractivity contribution in [1.29, 1.82) is 0 Å². The summed E-state index contributed by atoms with van der Waals surface area (Å²) in [6.45, 7) is 2.06. The van der Waals surface area contributed by atoms with Crippen LogP contribution in [0.4, 0.5) is 5.13 Å². The molecule has 1 N–H and O–H groups in total. The van der Waals surface area contributed by atoms with Crippen molar-refractivity contribution in [1.82, 2.24) is 25.2 Å². The largest absolute Gasteiger partial charge is 0.490 e. The third kappa shape index (κ3) is 4.02. The lowest BCUT2D eigenvalue weighted by Crippen LogP contribution is -2.27. The molecular weight excluding hydrogens is 396 g/mol. The fraction of sp³-hybridized carbons (Fsp3) is 0.389. The van der Waals surface area contributed by atoms with Crippen LogP contribution < -0.4 is 10.1 Å². The van der Waals surface area contributed by atoms with Crippen molar-refractivity contribution in [3.63, 3.8) is 0 Å². The van der Waals surface area contributed by atoms with Crippen LogP contribution in [0.2, 0.25) is 0 Å². The highest BCUT2D eigenvalue weighted by Crippen LogP contribution is 2.34. The highest BCUT2D eigenvalue weighted by atomic mass is 32.2. The van der Waals surface area contributed by atoms with E-state index in [0.29, 0.717) is 11.6 Å². The minimum atomic E-state index is -0.464. The van der Waals surface area contributed by atoms with Crippen molar-refractivity contribution in [2.45, 2.75) is 31.9 Å². The van der Waals surface area contributed by atoms with Crippen LogP contribution in [-0.2, 0) is 11.2 Å². The Kier molecular flexibility index (Phi) is 5.58. The summed E-state index contributed by atoms with van der Waals surface area (Å²) >= 11 is 3.08. The van der Waals surface area contributed by atoms with E-state index in [-0.39, 0.29) is 12.0 Å². The van der Waals surface area contributed by atoms with E-state index in [2.05, 4.69) is 38.8 Å². The van der Waals surface area contributed by atoms with E-state index < -0.39 is 6.04 Å². The molecule has 2 aromatic heterocycles. The highest BCUT2D eigenvalue weighted by molar-refractivity contribution is 7.98. The van der Waals surface area contributed by atoms with Crippen LogP contribution in [0.3, 0.4) is 0 Å². The first-order valence-corrected chi connectivity index (χ1v) is 11.2. The number of benzene rings is 1. The number of carbonyl (C=O) groups excluding carboxylic acids is 1. The van der Waals surface area contributed by atoms with Gasteiger partial charge in [-0.3, -0.25) is 4.79 Å². The summed E-state index contributed by atoms with van der Waals surface area (Å²) in [6, 6.07) is 5.64. The summed E-state index contributed by atoms with van der Waals surface area (Å²) in [5, 5.41) is 16.6. The Labute approximate surface area is 170 Å². The Hall–Kier alpha value is -2.46.